The van der Waals surface area contributed by atoms with Crippen molar-refractivity contribution < 1.29 is 23.8 Å². The van der Waals surface area contributed by atoms with E-state index in [2.05, 4.69) is 16.8 Å². The lowest BCUT2D eigenvalue weighted by atomic mass is 9.95. The third-order valence-electron chi connectivity index (χ3n) is 6.15. The van der Waals surface area contributed by atoms with Gasteiger partial charge in [0.15, 0.2) is 15.9 Å². The van der Waals surface area contributed by atoms with E-state index < -0.39 is 23.5 Å². The van der Waals surface area contributed by atoms with Gasteiger partial charge in [-0.05, 0) is 41.0 Å². The maximum atomic E-state index is 14.1. The topological polar surface area (TPSA) is 92.6 Å². The van der Waals surface area contributed by atoms with Gasteiger partial charge in [0.25, 0.3) is 5.91 Å². The van der Waals surface area contributed by atoms with Gasteiger partial charge >= 0.3 is 0 Å². The van der Waals surface area contributed by atoms with Gasteiger partial charge in [0.1, 0.15) is 18.2 Å². The number of nitrogens with zero attached hydrogens (tertiary/aromatic N) is 3. The number of aromatic nitrogens is 2. The molecule has 4 aromatic rings. The lowest BCUT2D eigenvalue weighted by molar-refractivity contribution is -0.117. The number of aliphatic hydroxyl groups excluding tert-OH is 1. The number of thioether (sulfide) groups is 1. The zero-order valence-electron chi connectivity index (χ0n) is 21.6. The number of benzene rings is 3. The van der Waals surface area contributed by atoms with Crippen LogP contribution in [0.5, 0.6) is 5.75 Å². The van der Waals surface area contributed by atoms with Crippen molar-refractivity contribution in [1.29, 1.82) is 0 Å². The van der Waals surface area contributed by atoms with Crippen LogP contribution in [0.15, 0.2) is 113 Å². The smallest absolute Gasteiger partial charge is 0.296 e. The molecule has 0 bridgehead atoms. The molecular formula is C31H24FN3O4S2. The van der Waals surface area contributed by atoms with Crippen LogP contribution >= 0.6 is 23.1 Å². The highest BCUT2D eigenvalue weighted by Crippen LogP contribution is 2.44. The number of aliphatic hydroxyl groups is 1. The maximum absolute atomic E-state index is 14.1. The van der Waals surface area contributed by atoms with E-state index >= 15 is 0 Å². The molecule has 41 heavy (non-hydrogen) atoms. The van der Waals surface area contributed by atoms with Crippen LogP contribution in [0, 0.1) is 5.82 Å². The van der Waals surface area contributed by atoms with E-state index in [-0.39, 0.29) is 23.1 Å². The molecule has 206 valence electrons. The van der Waals surface area contributed by atoms with E-state index in [1.807, 2.05) is 30.3 Å². The Morgan fingerprint density at radius 1 is 1.10 bits per heavy atom. The number of hydrogen-bond acceptors (Lipinski definition) is 8. The van der Waals surface area contributed by atoms with Crippen LogP contribution < -0.4 is 9.64 Å². The third-order valence-corrected chi connectivity index (χ3v) is 8.26. The van der Waals surface area contributed by atoms with Gasteiger partial charge < -0.3 is 9.84 Å². The minimum atomic E-state index is -0.986. The highest BCUT2D eigenvalue weighted by molar-refractivity contribution is 8.00. The average molecular weight is 586 g/mol. The first-order valence-electron chi connectivity index (χ1n) is 12.5. The molecule has 10 heteroatoms. The van der Waals surface area contributed by atoms with E-state index in [0.29, 0.717) is 27.0 Å². The predicted molar refractivity (Wildman–Crippen MR) is 158 cm³/mol. The molecule has 0 spiro atoms. The molecule has 1 aliphatic rings. The fourth-order valence-electron chi connectivity index (χ4n) is 4.24. The lowest BCUT2D eigenvalue weighted by Gasteiger charge is -2.24. The molecule has 1 aliphatic heterocycles. The van der Waals surface area contributed by atoms with Crippen LogP contribution in [0.3, 0.4) is 0 Å². The monoisotopic (exact) mass is 585 g/mol. The molecule has 0 aliphatic carbocycles. The van der Waals surface area contributed by atoms with E-state index in [1.54, 1.807) is 54.6 Å². The largest absolute Gasteiger partial charge is 0.503 e. The Balaban J connectivity index is 1.49. The molecule has 3 aromatic carbocycles. The number of rotatable bonds is 11. The molecule has 1 aromatic heterocycles. The summed E-state index contributed by atoms with van der Waals surface area (Å²) in [4.78, 5) is 28.2. The number of amides is 1. The normalized spacial score (nSPS) is 15.1. The minimum Gasteiger partial charge on any atom is -0.503 e. The second kappa shape index (κ2) is 12.8. The highest BCUT2D eigenvalue weighted by atomic mass is 32.2. The molecule has 1 unspecified atom stereocenters. The van der Waals surface area contributed by atoms with Crippen LogP contribution in [0.2, 0.25) is 0 Å². The summed E-state index contributed by atoms with van der Waals surface area (Å²) >= 11 is 2.39. The number of carbonyl (C=O) groups excluding carboxylic acids is 2. The van der Waals surface area contributed by atoms with Crippen LogP contribution in [0.4, 0.5) is 9.52 Å². The molecule has 7 nitrogen and oxygen atoms in total. The summed E-state index contributed by atoms with van der Waals surface area (Å²) in [6.07, 6.45) is 4.56. The Morgan fingerprint density at radius 3 is 2.66 bits per heavy atom. The predicted octanol–water partition coefficient (Wildman–Crippen LogP) is 6.72. The summed E-state index contributed by atoms with van der Waals surface area (Å²) in [6, 6.07) is 21.6. The second-order valence-corrected chi connectivity index (χ2v) is 11.0. The zero-order valence-corrected chi connectivity index (χ0v) is 23.3. The molecule has 0 fully saturated rings. The first-order valence-corrected chi connectivity index (χ1v) is 14.3. The Kier molecular flexibility index (Phi) is 8.71. The molecule has 5 rings (SSSR count). The van der Waals surface area contributed by atoms with Crippen molar-refractivity contribution >= 4 is 46.0 Å². The number of halogens is 1. The zero-order chi connectivity index (χ0) is 28.8. The number of ether oxygens (including phenoxy) is 1. The summed E-state index contributed by atoms with van der Waals surface area (Å²) in [5.41, 5.74) is 1.76. The van der Waals surface area contributed by atoms with Crippen LogP contribution in [-0.4, -0.2) is 33.6 Å². The number of carbonyl (C=O) groups is 2. The van der Waals surface area contributed by atoms with E-state index in [1.165, 1.54) is 28.8 Å². The summed E-state index contributed by atoms with van der Waals surface area (Å²) in [5.74, 6) is -1.45. The summed E-state index contributed by atoms with van der Waals surface area (Å²) < 4.78 is 20.3. The molecule has 1 amide bonds. The maximum Gasteiger partial charge on any atom is 0.296 e. The highest BCUT2D eigenvalue weighted by Gasteiger charge is 2.45. The minimum absolute atomic E-state index is 0.0844. The number of anilines is 1. The van der Waals surface area contributed by atoms with Gasteiger partial charge in [-0.15, -0.1) is 10.2 Å². The van der Waals surface area contributed by atoms with Gasteiger partial charge in [-0.25, -0.2) is 4.39 Å². The molecule has 1 N–H and O–H groups in total. The van der Waals surface area contributed by atoms with Crippen molar-refractivity contribution in [2.24, 2.45) is 0 Å². The quantitative estimate of drug-likeness (QED) is 0.0904. The Hall–Kier alpha value is -4.54. The van der Waals surface area contributed by atoms with Crippen molar-refractivity contribution in [3.05, 3.63) is 131 Å². The van der Waals surface area contributed by atoms with E-state index in [9.17, 15) is 19.1 Å². The standard InChI is InChI=1S/C31H24FN3O4S2/c1-2-17-39-23-13-8-12-21(18-23)27-26(25(36)16-15-20-9-4-3-5-10-20)28(37)29(38)35(27)30-33-34-31(41-30)40-19-22-11-6-7-14-24(22)32/h2-16,18,27,37H,1,17,19H2/b16-15+. The SMILES string of the molecule is C=CCOc1cccc(C2C(C(=O)/C=C/c3ccccc3)=C(O)C(=O)N2c2nnc(SCc3ccccc3F)s2)c1. The Labute approximate surface area is 244 Å². The van der Waals surface area contributed by atoms with E-state index in [0.717, 1.165) is 16.9 Å². The molecule has 0 saturated carbocycles. The Bertz CT molecular complexity index is 1650. The first kappa shape index (κ1) is 28.0. The van der Waals surface area contributed by atoms with Crippen molar-refractivity contribution in [3.63, 3.8) is 0 Å². The summed E-state index contributed by atoms with van der Waals surface area (Å²) in [6.45, 7) is 3.93. The average Bonchev–Trinajstić information content (AvgIpc) is 3.57. The van der Waals surface area contributed by atoms with Crippen LogP contribution in [0.25, 0.3) is 6.08 Å². The molecule has 1 atom stereocenters. The van der Waals surface area contributed by atoms with Crippen molar-refractivity contribution in [2.75, 3.05) is 11.5 Å². The van der Waals surface area contributed by atoms with Gasteiger partial charge in [0.2, 0.25) is 5.13 Å². The molecular weight excluding hydrogens is 561 g/mol. The van der Waals surface area contributed by atoms with Crippen molar-refractivity contribution in [2.45, 2.75) is 16.1 Å². The van der Waals surface area contributed by atoms with E-state index in [4.69, 9.17) is 4.74 Å². The second-order valence-electron chi connectivity index (χ2n) is 8.85. The first-order chi connectivity index (χ1) is 20.0. The fraction of sp³-hybridized carbons (Fsp3) is 0.0968. The fourth-order valence-corrected chi connectivity index (χ4v) is 6.09. The molecule has 2 heterocycles. The third kappa shape index (κ3) is 6.29. The summed E-state index contributed by atoms with van der Waals surface area (Å²) in [7, 11) is 0. The van der Waals surface area contributed by atoms with Crippen LogP contribution in [0.1, 0.15) is 22.7 Å². The van der Waals surface area contributed by atoms with Crippen molar-refractivity contribution in [1.82, 2.24) is 10.2 Å². The number of ketones is 1. The Morgan fingerprint density at radius 2 is 1.88 bits per heavy atom. The van der Waals surface area contributed by atoms with Gasteiger partial charge in [-0.2, -0.15) is 0 Å². The van der Waals surface area contributed by atoms with Gasteiger partial charge in [-0.1, -0.05) is 102 Å². The molecule has 0 radical (unpaired) electrons. The lowest BCUT2D eigenvalue weighted by Crippen LogP contribution is -2.30. The number of hydrogen-bond donors (Lipinski definition) is 1. The van der Waals surface area contributed by atoms with Crippen molar-refractivity contribution in [3.8, 4) is 5.75 Å². The van der Waals surface area contributed by atoms with Crippen LogP contribution in [-0.2, 0) is 15.3 Å². The van der Waals surface area contributed by atoms with Gasteiger partial charge in [-0.3, -0.25) is 14.5 Å². The van der Waals surface area contributed by atoms with Gasteiger partial charge in [0.05, 0.1) is 11.6 Å². The molecule has 0 saturated heterocycles. The van der Waals surface area contributed by atoms with Gasteiger partial charge in [0, 0.05) is 5.75 Å². The summed E-state index contributed by atoms with van der Waals surface area (Å²) in [5, 5.41) is 19.6. The number of allylic oxidation sites excluding steroid dienone is 1.